The zero-order chi connectivity index (χ0) is 20.0. The van der Waals surface area contributed by atoms with Gasteiger partial charge in [0.2, 0.25) is 15.9 Å². The van der Waals surface area contributed by atoms with E-state index in [1.807, 2.05) is 39.0 Å². The van der Waals surface area contributed by atoms with E-state index in [-0.39, 0.29) is 23.9 Å². The molecule has 0 fully saturated rings. The van der Waals surface area contributed by atoms with Crippen molar-refractivity contribution in [2.75, 3.05) is 24.6 Å². The fourth-order valence-electron chi connectivity index (χ4n) is 2.81. The molecule has 0 aromatic heterocycles. The highest BCUT2D eigenvalue weighted by Gasteiger charge is 2.17. The maximum Gasteiger partial charge on any atom is 0.240 e. The van der Waals surface area contributed by atoms with Gasteiger partial charge in [0.25, 0.3) is 0 Å². The van der Waals surface area contributed by atoms with Crippen molar-refractivity contribution in [1.29, 1.82) is 0 Å². The minimum Gasteiger partial charge on any atom is -0.494 e. The third kappa shape index (κ3) is 5.55. The van der Waals surface area contributed by atoms with Gasteiger partial charge in [0.15, 0.2) is 0 Å². The molecule has 6 nitrogen and oxygen atoms in total. The molecule has 2 aromatic carbocycles. The van der Waals surface area contributed by atoms with Gasteiger partial charge in [-0.1, -0.05) is 17.7 Å². The molecule has 146 valence electrons. The average molecular weight is 391 g/mol. The number of amides is 1. The van der Waals surface area contributed by atoms with Crippen molar-refractivity contribution in [2.24, 2.45) is 0 Å². The summed E-state index contributed by atoms with van der Waals surface area (Å²) in [7, 11) is -3.66. The second-order valence-electron chi connectivity index (χ2n) is 6.26. The summed E-state index contributed by atoms with van der Waals surface area (Å²) in [5.41, 5.74) is 2.86. The molecule has 0 heterocycles. The van der Waals surface area contributed by atoms with Crippen LogP contribution in [0.5, 0.6) is 5.75 Å². The Kier molecular flexibility index (Phi) is 6.98. The highest BCUT2D eigenvalue weighted by molar-refractivity contribution is 7.89. The smallest absolute Gasteiger partial charge is 0.240 e. The Balaban J connectivity index is 2.06. The van der Waals surface area contributed by atoms with Crippen molar-refractivity contribution in [2.45, 2.75) is 32.6 Å². The molecule has 7 heteroatoms. The molecule has 2 aromatic rings. The predicted molar refractivity (Wildman–Crippen MR) is 107 cm³/mol. The van der Waals surface area contributed by atoms with E-state index in [1.54, 1.807) is 17.0 Å². The lowest BCUT2D eigenvalue weighted by molar-refractivity contribution is -0.116. The topological polar surface area (TPSA) is 75.7 Å². The summed E-state index contributed by atoms with van der Waals surface area (Å²) < 4.78 is 32.8. The van der Waals surface area contributed by atoms with Crippen LogP contribution in [0.25, 0.3) is 0 Å². The lowest BCUT2D eigenvalue weighted by Gasteiger charge is -2.23. The summed E-state index contributed by atoms with van der Waals surface area (Å²) in [5.74, 6) is 0.483. The van der Waals surface area contributed by atoms with E-state index in [0.717, 1.165) is 16.8 Å². The van der Waals surface area contributed by atoms with Crippen LogP contribution in [-0.2, 0) is 14.8 Å². The lowest BCUT2D eigenvalue weighted by Crippen LogP contribution is -2.37. The van der Waals surface area contributed by atoms with Crippen LogP contribution in [0.3, 0.4) is 0 Å². The Labute approximate surface area is 161 Å². The molecule has 0 radical (unpaired) electrons. The molecule has 0 saturated heterocycles. The first-order valence-electron chi connectivity index (χ1n) is 8.82. The molecule has 1 N–H and O–H groups in total. The quantitative estimate of drug-likeness (QED) is 0.752. The Hall–Kier alpha value is -2.38. The third-order valence-electron chi connectivity index (χ3n) is 4.10. The summed E-state index contributed by atoms with van der Waals surface area (Å²) in [6.45, 7) is 8.13. The van der Waals surface area contributed by atoms with E-state index in [1.165, 1.54) is 19.1 Å². The standard InChI is InChI=1S/C20H26N2O4S/c1-5-26-18-7-9-19(10-8-18)27(24,25)21-12-13-22(17(4)23)20-11-6-15(2)14-16(20)3/h6-11,14,21H,5,12-13H2,1-4H3. The molecule has 0 aliphatic carbocycles. The van der Waals surface area contributed by atoms with Crippen LogP contribution in [0.4, 0.5) is 5.69 Å². The van der Waals surface area contributed by atoms with Crippen LogP contribution < -0.4 is 14.4 Å². The van der Waals surface area contributed by atoms with Gasteiger partial charge in [0, 0.05) is 25.7 Å². The second kappa shape index (κ2) is 9.01. The van der Waals surface area contributed by atoms with Gasteiger partial charge < -0.3 is 9.64 Å². The molecule has 0 aliphatic rings. The van der Waals surface area contributed by atoms with E-state index in [2.05, 4.69) is 4.72 Å². The summed E-state index contributed by atoms with van der Waals surface area (Å²) >= 11 is 0. The number of nitrogens with one attached hydrogen (secondary N) is 1. The monoisotopic (exact) mass is 390 g/mol. The van der Waals surface area contributed by atoms with Crippen LogP contribution in [-0.4, -0.2) is 34.0 Å². The summed E-state index contributed by atoms with van der Waals surface area (Å²) in [6, 6.07) is 12.1. The van der Waals surface area contributed by atoms with Gasteiger partial charge in [-0.05, 0) is 56.7 Å². The first-order valence-corrected chi connectivity index (χ1v) is 10.3. The van der Waals surface area contributed by atoms with Gasteiger partial charge in [-0.15, -0.1) is 0 Å². The van der Waals surface area contributed by atoms with Gasteiger partial charge in [-0.3, -0.25) is 4.79 Å². The number of benzene rings is 2. The van der Waals surface area contributed by atoms with Gasteiger partial charge in [-0.25, -0.2) is 13.1 Å². The molecule has 0 unspecified atom stereocenters. The highest BCUT2D eigenvalue weighted by Crippen LogP contribution is 2.21. The summed E-state index contributed by atoms with van der Waals surface area (Å²) in [5, 5.41) is 0. The molecule has 27 heavy (non-hydrogen) atoms. The number of nitrogens with zero attached hydrogens (tertiary/aromatic N) is 1. The number of carbonyl (C=O) groups is 1. The Morgan fingerprint density at radius 2 is 1.78 bits per heavy atom. The number of ether oxygens (including phenoxy) is 1. The average Bonchev–Trinajstić information content (AvgIpc) is 2.60. The Morgan fingerprint density at radius 1 is 1.11 bits per heavy atom. The molecule has 0 bridgehead atoms. The minimum absolute atomic E-state index is 0.114. The van der Waals surface area contributed by atoms with Crippen LogP contribution in [0.2, 0.25) is 0 Å². The number of sulfonamides is 1. The van der Waals surface area contributed by atoms with Crippen molar-refractivity contribution in [3.8, 4) is 5.75 Å². The van der Waals surface area contributed by atoms with Gasteiger partial charge in [-0.2, -0.15) is 0 Å². The molecule has 2 rings (SSSR count). The van der Waals surface area contributed by atoms with Crippen molar-refractivity contribution >= 4 is 21.6 Å². The fraction of sp³-hybridized carbons (Fsp3) is 0.350. The van der Waals surface area contributed by atoms with E-state index in [0.29, 0.717) is 12.4 Å². The predicted octanol–water partition coefficient (Wildman–Crippen LogP) is 3.03. The number of aryl methyl sites for hydroxylation is 2. The lowest BCUT2D eigenvalue weighted by atomic mass is 10.1. The SMILES string of the molecule is CCOc1ccc(S(=O)(=O)NCCN(C(C)=O)c2ccc(C)cc2C)cc1. The van der Waals surface area contributed by atoms with Crippen LogP contribution in [0, 0.1) is 13.8 Å². The molecular formula is C20H26N2O4S. The second-order valence-corrected chi connectivity index (χ2v) is 8.03. The van der Waals surface area contributed by atoms with Crippen LogP contribution in [0.15, 0.2) is 47.4 Å². The molecule has 0 saturated carbocycles. The van der Waals surface area contributed by atoms with Crippen molar-refractivity contribution in [3.63, 3.8) is 0 Å². The summed E-state index contributed by atoms with van der Waals surface area (Å²) in [4.78, 5) is 13.8. The number of carbonyl (C=O) groups excluding carboxylic acids is 1. The Bertz CT molecular complexity index is 893. The number of hydrogen-bond acceptors (Lipinski definition) is 4. The maximum atomic E-state index is 12.4. The summed E-state index contributed by atoms with van der Waals surface area (Å²) in [6.07, 6.45) is 0. The van der Waals surface area contributed by atoms with E-state index < -0.39 is 10.0 Å². The fourth-order valence-corrected chi connectivity index (χ4v) is 3.83. The maximum absolute atomic E-state index is 12.4. The normalized spacial score (nSPS) is 11.3. The molecular weight excluding hydrogens is 364 g/mol. The van der Waals surface area contributed by atoms with Gasteiger partial charge >= 0.3 is 0 Å². The first-order chi connectivity index (χ1) is 12.7. The number of hydrogen-bond donors (Lipinski definition) is 1. The van der Waals surface area contributed by atoms with Crippen LogP contribution in [0.1, 0.15) is 25.0 Å². The van der Waals surface area contributed by atoms with E-state index in [4.69, 9.17) is 4.74 Å². The number of rotatable bonds is 8. The van der Waals surface area contributed by atoms with Crippen molar-refractivity contribution < 1.29 is 17.9 Å². The van der Waals surface area contributed by atoms with Crippen molar-refractivity contribution in [1.82, 2.24) is 4.72 Å². The molecule has 0 atom stereocenters. The van der Waals surface area contributed by atoms with Gasteiger partial charge in [0.05, 0.1) is 11.5 Å². The van der Waals surface area contributed by atoms with Crippen molar-refractivity contribution in [3.05, 3.63) is 53.6 Å². The Morgan fingerprint density at radius 3 is 2.33 bits per heavy atom. The van der Waals surface area contributed by atoms with E-state index in [9.17, 15) is 13.2 Å². The van der Waals surface area contributed by atoms with E-state index >= 15 is 0 Å². The largest absolute Gasteiger partial charge is 0.494 e. The zero-order valence-corrected chi connectivity index (χ0v) is 17.0. The van der Waals surface area contributed by atoms with Crippen LogP contribution >= 0.6 is 0 Å². The first kappa shape index (κ1) is 20.9. The third-order valence-corrected chi connectivity index (χ3v) is 5.57. The molecule has 0 spiro atoms. The minimum atomic E-state index is -3.66. The number of anilines is 1. The highest BCUT2D eigenvalue weighted by atomic mass is 32.2. The zero-order valence-electron chi connectivity index (χ0n) is 16.2. The van der Waals surface area contributed by atoms with Gasteiger partial charge in [0.1, 0.15) is 5.75 Å². The molecule has 1 amide bonds. The molecule has 0 aliphatic heterocycles.